The van der Waals surface area contributed by atoms with Gasteiger partial charge in [-0.2, -0.15) is 0 Å². The number of anilines is 2. The number of nitrogens with one attached hydrogen (secondary N) is 4. The molecule has 0 spiro atoms. The highest BCUT2D eigenvalue weighted by atomic mass is 16.5. The second-order valence-electron chi connectivity index (χ2n) is 10.4. The van der Waals surface area contributed by atoms with Crippen molar-refractivity contribution in [1.29, 1.82) is 0 Å². The van der Waals surface area contributed by atoms with Crippen LogP contribution in [0.5, 0.6) is 17.2 Å². The highest BCUT2D eigenvalue weighted by Crippen LogP contribution is 2.50. The molecular weight excluding hydrogens is 548 g/mol. The fourth-order valence-corrected chi connectivity index (χ4v) is 5.73. The predicted molar refractivity (Wildman–Crippen MR) is 167 cm³/mol. The maximum absolute atomic E-state index is 13.5. The molecule has 1 heterocycles. The van der Waals surface area contributed by atoms with Crippen molar-refractivity contribution in [2.24, 2.45) is 0 Å². The third-order valence-corrected chi connectivity index (χ3v) is 7.68. The number of methoxy groups -OCH3 is 3. The summed E-state index contributed by atoms with van der Waals surface area (Å²) in [4.78, 5) is 41.4. The molecule has 0 aliphatic heterocycles. The summed E-state index contributed by atoms with van der Waals surface area (Å²) in [7, 11) is 4.69. The lowest BCUT2D eigenvalue weighted by molar-refractivity contribution is -0.119. The average molecular weight is 585 g/mol. The number of benzene rings is 2. The van der Waals surface area contributed by atoms with E-state index in [1.165, 1.54) is 6.92 Å². The standard InChI is InChI=1S/C33H36N4O6/c1-19(38)36-26-12-10-20-17-29(41-2)32(42-3)33(43-4)31(20)21-11-13-27(28(39)18-23(21)26)34-15-6-9-30(40)37-25-8-5-7-24-22(25)14-16-35-24/h5,7-8,11,13-14,16-18,26,35H,6,9-10,12,15H2,1-4H3,(H,34,39)(H,36,38)(H,37,40)/t26-/m0/s1. The van der Waals surface area contributed by atoms with Gasteiger partial charge in [-0.15, -0.1) is 0 Å². The number of hydrogen-bond donors (Lipinski definition) is 4. The van der Waals surface area contributed by atoms with E-state index in [-0.39, 0.29) is 29.7 Å². The maximum Gasteiger partial charge on any atom is 0.224 e. The molecule has 10 heteroatoms. The Hall–Kier alpha value is -4.99. The summed E-state index contributed by atoms with van der Waals surface area (Å²) in [5, 5.41) is 10.1. The van der Waals surface area contributed by atoms with Crippen LogP contribution in [0.3, 0.4) is 0 Å². The van der Waals surface area contributed by atoms with Crippen molar-refractivity contribution in [2.75, 3.05) is 38.5 Å². The van der Waals surface area contributed by atoms with Crippen LogP contribution in [0.25, 0.3) is 22.0 Å². The minimum Gasteiger partial charge on any atom is -0.493 e. The maximum atomic E-state index is 13.5. The lowest BCUT2D eigenvalue weighted by atomic mass is 9.95. The summed E-state index contributed by atoms with van der Waals surface area (Å²) in [6.07, 6.45) is 3.85. The van der Waals surface area contributed by atoms with Crippen molar-refractivity contribution in [3.8, 4) is 28.4 Å². The summed E-state index contributed by atoms with van der Waals surface area (Å²) in [6, 6.07) is 14.4. The van der Waals surface area contributed by atoms with Crippen LogP contribution in [-0.4, -0.2) is 44.7 Å². The molecule has 43 heavy (non-hydrogen) atoms. The second kappa shape index (κ2) is 12.9. The molecule has 4 N–H and O–H groups in total. The van der Waals surface area contributed by atoms with Gasteiger partial charge in [0.15, 0.2) is 11.5 Å². The molecule has 0 radical (unpaired) electrons. The highest BCUT2D eigenvalue weighted by Gasteiger charge is 2.29. The van der Waals surface area contributed by atoms with E-state index < -0.39 is 0 Å². The Labute approximate surface area is 249 Å². The third kappa shape index (κ3) is 6.13. The van der Waals surface area contributed by atoms with Gasteiger partial charge in [0.2, 0.25) is 23.0 Å². The number of amides is 2. The molecule has 0 saturated heterocycles. The van der Waals surface area contributed by atoms with E-state index >= 15 is 0 Å². The first-order chi connectivity index (χ1) is 20.8. The van der Waals surface area contributed by atoms with Gasteiger partial charge in [-0.05, 0) is 72.4 Å². The Morgan fingerprint density at radius 2 is 1.79 bits per heavy atom. The molecule has 3 aromatic carbocycles. The second-order valence-corrected chi connectivity index (χ2v) is 10.4. The van der Waals surface area contributed by atoms with Gasteiger partial charge in [0.05, 0.1) is 38.7 Å². The Morgan fingerprint density at radius 1 is 0.977 bits per heavy atom. The van der Waals surface area contributed by atoms with Gasteiger partial charge in [0.1, 0.15) is 0 Å². The number of aryl methyl sites for hydroxylation is 1. The van der Waals surface area contributed by atoms with E-state index in [9.17, 15) is 14.4 Å². The third-order valence-electron chi connectivity index (χ3n) is 7.68. The van der Waals surface area contributed by atoms with E-state index in [1.807, 2.05) is 42.6 Å². The summed E-state index contributed by atoms with van der Waals surface area (Å²) < 4.78 is 17.1. The van der Waals surface area contributed by atoms with Crippen molar-refractivity contribution in [3.63, 3.8) is 0 Å². The molecule has 1 aliphatic rings. The first-order valence-electron chi connectivity index (χ1n) is 14.2. The number of carbonyl (C=O) groups excluding carboxylic acids is 2. The summed E-state index contributed by atoms with van der Waals surface area (Å²) in [6.45, 7) is 1.89. The van der Waals surface area contributed by atoms with Crippen LogP contribution < -0.4 is 35.6 Å². The number of ether oxygens (including phenoxy) is 3. The topological polar surface area (TPSA) is 131 Å². The minimum absolute atomic E-state index is 0.102. The number of H-pyrrole nitrogens is 1. The molecule has 1 aromatic heterocycles. The zero-order chi connectivity index (χ0) is 30.5. The van der Waals surface area contributed by atoms with Crippen LogP contribution in [0.1, 0.15) is 43.4 Å². The number of fused-ring (bicyclic) bond motifs is 4. The molecule has 0 unspecified atom stereocenters. The van der Waals surface area contributed by atoms with Crippen molar-refractivity contribution in [2.45, 2.75) is 38.6 Å². The molecule has 224 valence electrons. The van der Waals surface area contributed by atoms with Gasteiger partial charge in [-0.3, -0.25) is 14.4 Å². The average Bonchev–Trinajstić information content (AvgIpc) is 3.37. The molecule has 5 rings (SSSR count). The van der Waals surface area contributed by atoms with Gasteiger partial charge < -0.3 is 35.1 Å². The highest BCUT2D eigenvalue weighted by molar-refractivity contribution is 6.01. The van der Waals surface area contributed by atoms with Crippen LogP contribution in [0.2, 0.25) is 0 Å². The summed E-state index contributed by atoms with van der Waals surface area (Å²) >= 11 is 0. The number of carbonyl (C=O) groups is 2. The molecule has 0 bridgehead atoms. The molecule has 0 saturated carbocycles. The fourth-order valence-electron chi connectivity index (χ4n) is 5.73. The Bertz CT molecular complexity index is 1730. The SMILES string of the molecule is COc1cc2c(c(OC)c1OC)-c1ccc(NCCCC(=O)Nc3cccc4[nH]ccc34)c(=O)cc1[C@@H](NC(C)=O)CC2. The van der Waals surface area contributed by atoms with E-state index in [1.54, 1.807) is 33.5 Å². The van der Waals surface area contributed by atoms with Gasteiger partial charge in [0.25, 0.3) is 0 Å². The first kappa shape index (κ1) is 29.5. The molecule has 0 fully saturated rings. The van der Waals surface area contributed by atoms with Gasteiger partial charge >= 0.3 is 0 Å². The van der Waals surface area contributed by atoms with E-state index in [0.717, 1.165) is 33.3 Å². The van der Waals surface area contributed by atoms with Gasteiger partial charge in [-0.1, -0.05) is 12.1 Å². The van der Waals surface area contributed by atoms with Crippen LogP contribution in [0.15, 0.2) is 59.5 Å². The zero-order valence-corrected chi connectivity index (χ0v) is 24.8. The number of rotatable bonds is 10. The Morgan fingerprint density at radius 3 is 2.53 bits per heavy atom. The van der Waals surface area contributed by atoms with Crippen molar-refractivity contribution >= 4 is 34.1 Å². The lowest BCUT2D eigenvalue weighted by Gasteiger charge is -2.19. The van der Waals surface area contributed by atoms with Crippen molar-refractivity contribution in [1.82, 2.24) is 10.3 Å². The van der Waals surface area contributed by atoms with Crippen molar-refractivity contribution in [3.05, 3.63) is 76.1 Å². The van der Waals surface area contributed by atoms with E-state index in [0.29, 0.717) is 54.3 Å². The Kier molecular flexibility index (Phi) is 8.85. The smallest absolute Gasteiger partial charge is 0.224 e. The van der Waals surface area contributed by atoms with E-state index in [2.05, 4.69) is 20.9 Å². The van der Waals surface area contributed by atoms with E-state index in [4.69, 9.17) is 14.2 Å². The molecular formula is C33H36N4O6. The predicted octanol–water partition coefficient (Wildman–Crippen LogP) is 5.18. The Balaban J connectivity index is 1.40. The first-order valence-corrected chi connectivity index (χ1v) is 14.2. The molecule has 2 amide bonds. The number of aromatic amines is 1. The molecule has 10 nitrogen and oxygen atoms in total. The quantitative estimate of drug-likeness (QED) is 0.189. The number of hydrogen-bond acceptors (Lipinski definition) is 7. The van der Waals surface area contributed by atoms with Gasteiger partial charge in [0, 0.05) is 42.6 Å². The normalized spacial score (nSPS) is 13.7. The molecule has 4 aromatic rings. The van der Waals surface area contributed by atoms with Crippen LogP contribution in [-0.2, 0) is 16.0 Å². The summed E-state index contributed by atoms with van der Waals surface area (Å²) in [5.41, 5.74) is 5.08. The molecule has 1 atom stereocenters. The molecule has 1 aliphatic carbocycles. The van der Waals surface area contributed by atoms with Crippen LogP contribution in [0.4, 0.5) is 11.4 Å². The summed E-state index contributed by atoms with van der Waals surface area (Å²) in [5.74, 6) is 1.20. The fraction of sp³-hybridized carbons (Fsp3) is 0.303. The zero-order valence-electron chi connectivity index (χ0n) is 24.8. The number of aromatic nitrogens is 1. The monoisotopic (exact) mass is 584 g/mol. The lowest BCUT2D eigenvalue weighted by Crippen LogP contribution is -2.26. The largest absolute Gasteiger partial charge is 0.493 e. The van der Waals surface area contributed by atoms with Crippen LogP contribution >= 0.6 is 0 Å². The minimum atomic E-state index is -0.386. The van der Waals surface area contributed by atoms with Crippen LogP contribution in [0, 0.1) is 0 Å². The van der Waals surface area contributed by atoms with Gasteiger partial charge in [-0.25, -0.2) is 0 Å². The van der Waals surface area contributed by atoms with Crippen molar-refractivity contribution < 1.29 is 23.8 Å².